The normalized spacial score (nSPS) is 18.5. The number of aromatic amines is 1. The van der Waals surface area contributed by atoms with E-state index in [2.05, 4.69) is 24.8 Å². The lowest BCUT2D eigenvalue weighted by Gasteiger charge is -2.33. The van der Waals surface area contributed by atoms with Gasteiger partial charge in [-0.05, 0) is 31.9 Å². The Morgan fingerprint density at radius 1 is 1.17 bits per heavy atom. The van der Waals surface area contributed by atoms with E-state index >= 15 is 0 Å². The Kier molecular flexibility index (Phi) is 5.27. The lowest BCUT2D eigenvalue weighted by molar-refractivity contribution is 0.0118. The average molecular weight is 497 g/mol. The molecule has 2 fully saturated rings. The van der Waals surface area contributed by atoms with E-state index in [4.69, 9.17) is 0 Å². The lowest BCUT2D eigenvalue weighted by atomic mass is 10.0. The molecular formula is C24H26F2N8O2. The van der Waals surface area contributed by atoms with Crippen molar-refractivity contribution in [3.63, 3.8) is 0 Å². The predicted octanol–water partition coefficient (Wildman–Crippen LogP) is 2.81. The summed E-state index contributed by atoms with van der Waals surface area (Å²) in [5, 5.41) is 0. The van der Waals surface area contributed by atoms with Crippen LogP contribution in [0.15, 0.2) is 35.4 Å². The number of nitrogens with one attached hydrogen (secondary N) is 1. The predicted molar refractivity (Wildman–Crippen MR) is 130 cm³/mol. The van der Waals surface area contributed by atoms with E-state index in [1.54, 1.807) is 4.57 Å². The molecule has 2 aliphatic rings. The number of para-hydroxylation sites is 2. The number of fused-ring (bicyclic) bond motifs is 2. The van der Waals surface area contributed by atoms with Gasteiger partial charge in [0.05, 0.1) is 17.6 Å². The van der Waals surface area contributed by atoms with Gasteiger partial charge in [0.1, 0.15) is 6.33 Å². The topological polar surface area (TPSA) is 105 Å². The molecule has 1 aromatic carbocycles. The van der Waals surface area contributed by atoms with Crippen LogP contribution in [0.2, 0.25) is 0 Å². The number of nitrogens with zero attached hydrogens (tertiary/aromatic N) is 7. The first-order chi connectivity index (χ1) is 17.4. The van der Waals surface area contributed by atoms with Crippen molar-refractivity contribution < 1.29 is 13.6 Å². The molecule has 188 valence electrons. The third-order valence-electron chi connectivity index (χ3n) is 7.23. The van der Waals surface area contributed by atoms with Crippen LogP contribution < -0.4 is 10.6 Å². The van der Waals surface area contributed by atoms with Gasteiger partial charge in [-0.2, -0.15) is 0 Å². The van der Waals surface area contributed by atoms with Crippen molar-refractivity contribution >= 4 is 33.9 Å². The Hall–Kier alpha value is -3.83. The molecule has 0 saturated carbocycles. The second-order valence-corrected chi connectivity index (χ2v) is 9.42. The van der Waals surface area contributed by atoms with Crippen molar-refractivity contribution in [1.82, 2.24) is 34.0 Å². The van der Waals surface area contributed by atoms with Gasteiger partial charge in [-0.3, -0.25) is 9.36 Å². The number of carbonyl (C=O) groups excluding carboxylic acids is 1. The smallest absolute Gasteiger partial charge is 0.326 e. The van der Waals surface area contributed by atoms with E-state index in [1.165, 1.54) is 6.33 Å². The molecule has 2 saturated heterocycles. The van der Waals surface area contributed by atoms with E-state index in [9.17, 15) is 18.4 Å². The number of halogens is 2. The van der Waals surface area contributed by atoms with Crippen molar-refractivity contribution in [1.29, 1.82) is 0 Å². The number of imidazole rings is 2. The number of H-pyrrole nitrogens is 1. The number of hydrogen-bond donors (Lipinski definition) is 1. The molecule has 36 heavy (non-hydrogen) atoms. The van der Waals surface area contributed by atoms with Gasteiger partial charge in [0.2, 0.25) is 5.82 Å². The molecule has 10 nitrogen and oxygen atoms in total. The van der Waals surface area contributed by atoms with E-state index in [0.29, 0.717) is 36.6 Å². The molecule has 0 radical (unpaired) electrons. The molecule has 3 aromatic heterocycles. The van der Waals surface area contributed by atoms with Gasteiger partial charge in [0, 0.05) is 38.6 Å². The van der Waals surface area contributed by atoms with Crippen LogP contribution in [0.25, 0.3) is 22.2 Å². The van der Waals surface area contributed by atoms with Crippen molar-refractivity contribution in [3.05, 3.63) is 46.9 Å². The second-order valence-electron chi connectivity index (χ2n) is 9.42. The Morgan fingerprint density at radius 2 is 1.94 bits per heavy atom. The van der Waals surface area contributed by atoms with E-state index in [-0.39, 0.29) is 30.5 Å². The van der Waals surface area contributed by atoms with Crippen molar-refractivity contribution in [2.45, 2.75) is 44.7 Å². The third-order valence-corrected chi connectivity index (χ3v) is 7.23. The van der Waals surface area contributed by atoms with Crippen LogP contribution >= 0.6 is 0 Å². The van der Waals surface area contributed by atoms with E-state index in [0.717, 1.165) is 28.8 Å². The zero-order chi connectivity index (χ0) is 25.0. The molecule has 4 aromatic rings. The summed E-state index contributed by atoms with van der Waals surface area (Å²) in [6, 6.07) is 7.70. The third kappa shape index (κ3) is 3.62. The molecule has 0 unspecified atom stereocenters. The molecule has 0 atom stereocenters. The standard InChI is InChI=1S/C24H26F2N8O2/c1-2-33-20-18(30-21(33)22(35)32-12-9-24(25,26)13-32)19(27-14-28-20)31-10-7-15(8-11-31)34-17-6-4-3-5-16(17)29-23(34)36/h3-6,14-15H,2,7-13H2,1H3,(H,29,36). The van der Waals surface area contributed by atoms with Crippen LogP contribution in [0.3, 0.4) is 0 Å². The number of rotatable bonds is 4. The first kappa shape index (κ1) is 22.6. The van der Waals surface area contributed by atoms with Crippen molar-refractivity contribution in [2.24, 2.45) is 0 Å². The Morgan fingerprint density at radius 3 is 2.67 bits per heavy atom. The minimum Gasteiger partial charge on any atom is -0.355 e. The van der Waals surface area contributed by atoms with Crippen molar-refractivity contribution in [2.75, 3.05) is 31.1 Å². The Labute approximate surface area is 204 Å². The Balaban J connectivity index is 1.28. The molecule has 0 bridgehead atoms. The van der Waals surface area contributed by atoms with Gasteiger partial charge in [-0.15, -0.1) is 0 Å². The molecule has 1 N–H and O–H groups in total. The lowest BCUT2D eigenvalue weighted by Crippen LogP contribution is -2.37. The summed E-state index contributed by atoms with van der Waals surface area (Å²) in [4.78, 5) is 45.3. The van der Waals surface area contributed by atoms with Crippen LogP contribution in [0.5, 0.6) is 0 Å². The first-order valence-corrected chi connectivity index (χ1v) is 12.2. The SMILES string of the molecule is CCn1c(C(=O)N2CCC(F)(F)C2)nc2c(N3CCC(n4c(=O)[nH]c5ccccc54)CC3)ncnc21. The summed E-state index contributed by atoms with van der Waals surface area (Å²) < 4.78 is 31.0. The highest BCUT2D eigenvalue weighted by atomic mass is 19.3. The van der Waals surface area contributed by atoms with Gasteiger partial charge in [0.25, 0.3) is 11.8 Å². The number of hydrogen-bond acceptors (Lipinski definition) is 6. The van der Waals surface area contributed by atoms with Gasteiger partial charge >= 0.3 is 5.69 Å². The number of benzene rings is 1. The first-order valence-electron chi connectivity index (χ1n) is 12.2. The number of carbonyl (C=O) groups is 1. The number of likely N-dealkylation sites (tertiary alicyclic amines) is 1. The van der Waals surface area contributed by atoms with Gasteiger partial charge in [0.15, 0.2) is 17.0 Å². The zero-order valence-electron chi connectivity index (χ0n) is 19.8. The maximum Gasteiger partial charge on any atom is 0.326 e. The van der Waals surface area contributed by atoms with Crippen LogP contribution in [-0.4, -0.2) is 72.0 Å². The van der Waals surface area contributed by atoms with Crippen LogP contribution in [0.1, 0.15) is 42.8 Å². The highest BCUT2D eigenvalue weighted by Crippen LogP contribution is 2.32. The maximum atomic E-state index is 13.7. The molecule has 1 amide bonds. The molecular weight excluding hydrogens is 470 g/mol. The van der Waals surface area contributed by atoms with Crippen molar-refractivity contribution in [3.8, 4) is 0 Å². The van der Waals surface area contributed by atoms with Gasteiger partial charge in [-0.1, -0.05) is 12.1 Å². The van der Waals surface area contributed by atoms with Gasteiger partial charge < -0.3 is 19.4 Å². The highest BCUT2D eigenvalue weighted by molar-refractivity contribution is 5.96. The fourth-order valence-corrected chi connectivity index (χ4v) is 5.44. The molecule has 6 rings (SSSR count). The molecule has 0 aliphatic carbocycles. The maximum absolute atomic E-state index is 13.7. The quantitative estimate of drug-likeness (QED) is 0.466. The molecule has 5 heterocycles. The fourth-order valence-electron chi connectivity index (χ4n) is 5.44. The van der Waals surface area contributed by atoms with Crippen LogP contribution in [0.4, 0.5) is 14.6 Å². The summed E-state index contributed by atoms with van der Waals surface area (Å²) in [5.41, 5.74) is 2.59. The van der Waals surface area contributed by atoms with Gasteiger partial charge in [-0.25, -0.2) is 28.5 Å². The molecule has 2 aliphatic heterocycles. The number of aryl methyl sites for hydroxylation is 1. The summed E-state index contributed by atoms with van der Waals surface area (Å²) >= 11 is 0. The Bertz CT molecular complexity index is 1520. The summed E-state index contributed by atoms with van der Waals surface area (Å²) in [6.07, 6.45) is 2.57. The average Bonchev–Trinajstić information content (AvgIpc) is 3.54. The number of alkyl halides is 2. The minimum absolute atomic E-state index is 0.00198. The number of anilines is 1. The highest BCUT2D eigenvalue weighted by Gasteiger charge is 2.41. The summed E-state index contributed by atoms with van der Waals surface area (Å²) in [6.45, 7) is 2.97. The molecule has 12 heteroatoms. The summed E-state index contributed by atoms with van der Waals surface area (Å²) in [7, 11) is 0. The zero-order valence-corrected chi connectivity index (χ0v) is 19.8. The van der Waals surface area contributed by atoms with Crippen LogP contribution in [-0.2, 0) is 6.54 Å². The monoisotopic (exact) mass is 496 g/mol. The number of amides is 1. The number of piperidine rings is 1. The second kappa shape index (κ2) is 8.38. The van der Waals surface area contributed by atoms with E-state index in [1.807, 2.05) is 35.8 Å². The number of aromatic nitrogens is 6. The van der Waals surface area contributed by atoms with Crippen LogP contribution in [0, 0.1) is 0 Å². The minimum atomic E-state index is -2.87. The molecule has 0 spiro atoms. The summed E-state index contributed by atoms with van der Waals surface area (Å²) in [5.74, 6) is -2.68. The fraction of sp³-hybridized carbons (Fsp3) is 0.458. The largest absolute Gasteiger partial charge is 0.355 e. The van der Waals surface area contributed by atoms with E-state index < -0.39 is 18.4 Å².